The maximum absolute atomic E-state index is 3.27. The van der Waals surface area contributed by atoms with Crippen LogP contribution in [0.3, 0.4) is 0 Å². The van der Waals surface area contributed by atoms with Gasteiger partial charge in [-0.2, -0.15) is 0 Å². The van der Waals surface area contributed by atoms with Crippen LogP contribution in [0.1, 0.15) is 42.9 Å². The summed E-state index contributed by atoms with van der Waals surface area (Å²) in [6.45, 7) is 10.2. The minimum Gasteiger partial charge on any atom is -0.369 e. The second kappa shape index (κ2) is 9.46. The number of anilines is 1. The molecule has 0 bridgehead atoms. The molecule has 136 valence electrons. The van der Waals surface area contributed by atoms with Crippen molar-refractivity contribution in [3.05, 3.63) is 65.2 Å². The minimum absolute atomic E-state index is 1.07. The third-order valence-corrected chi connectivity index (χ3v) is 5.09. The monoisotopic (exact) mass is 346 g/mol. The molecule has 0 spiro atoms. The van der Waals surface area contributed by atoms with Gasteiger partial charge >= 0.3 is 0 Å². The van der Waals surface area contributed by atoms with E-state index in [1.54, 1.807) is 0 Å². The number of unbranched alkanes of at least 4 members (excludes halogenated alkanes) is 2. The second-order valence-electron chi connectivity index (χ2n) is 7.20. The van der Waals surface area contributed by atoms with Crippen LogP contribution in [0.15, 0.2) is 48.5 Å². The van der Waals surface area contributed by atoms with Crippen molar-refractivity contribution in [2.75, 3.05) is 37.6 Å². The molecule has 2 nitrogen and oxygen atoms in total. The van der Waals surface area contributed by atoms with Crippen LogP contribution in [0.5, 0.6) is 0 Å². The van der Waals surface area contributed by atoms with Gasteiger partial charge in [-0.25, -0.2) is 0 Å². The molecule has 26 heavy (non-hydrogen) atoms. The Morgan fingerprint density at radius 2 is 1.35 bits per heavy atom. The highest BCUT2D eigenvalue weighted by Gasteiger charge is 2.16. The van der Waals surface area contributed by atoms with Crippen LogP contribution in [-0.4, -0.2) is 37.6 Å². The van der Waals surface area contributed by atoms with Gasteiger partial charge in [-0.05, 0) is 56.3 Å². The predicted molar refractivity (Wildman–Crippen MR) is 112 cm³/mol. The number of hydrogen-bond donors (Lipinski definition) is 0. The van der Waals surface area contributed by atoms with E-state index in [0.717, 1.165) is 24.2 Å². The summed E-state index contributed by atoms with van der Waals surface area (Å²) in [5.74, 6) is 6.52. The third kappa shape index (κ3) is 5.38. The number of rotatable bonds is 5. The van der Waals surface area contributed by atoms with Crippen molar-refractivity contribution in [2.24, 2.45) is 0 Å². The van der Waals surface area contributed by atoms with Gasteiger partial charge in [0.05, 0.1) is 0 Å². The van der Waals surface area contributed by atoms with Crippen LogP contribution in [0.2, 0.25) is 0 Å². The molecule has 0 atom stereocenters. The van der Waals surface area contributed by atoms with E-state index in [-0.39, 0.29) is 0 Å². The van der Waals surface area contributed by atoms with E-state index in [1.165, 1.54) is 50.1 Å². The molecule has 1 saturated heterocycles. The topological polar surface area (TPSA) is 6.48 Å². The molecule has 1 heterocycles. The highest BCUT2D eigenvalue weighted by Crippen LogP contribution is 2.17. The van der Waals surface area contributed by atoms with Gasteiger partial charge < -0.3 is 4.90 Å². The molecule has 1 aliphatic rings. The smallest absolute Gasteiger partial charge is 0.0367 e. The lowest BCUT2D eigenvalue weighted by Gasteiger charge is -2.36. The summed E-state index contributed by atoms with van der Waals surface area (Å²) >= 11 is 0. The van der Waals surface area contributed by atoms with Gasteiger partial charge in [-0.15, -0.1) is 0 Å². The number of benzene rings is 2. The molecular weight excluding hydrogens is 316 g/mol. The molecule has 0 radical (unpaired) electrons. The molecule has 1 fully saturated rings. The van der Waals surface area contributed by atoms with Crippen LogP contribution in [-0.2, 0) is 0 Å². The average Bonchev–Trinajstić information content (AvgIpc) is 2.69. The summed E-state index contributed by atoms with van der Waals surface area (Å²) < 4.78 is 0. The van der Waals surface area contributed by atoms with E-state index in [9.17, 15) is 0 Å². The zero-order valence-corrected chi connectivity index (χ0v) is 16.2. The molecule has 0 saturated carbocycles. The molecule has 0 aromatic heterocycles. The lowest BCUT2D eigenvalue weighted by Crippen LogP contribution is -2.46. The Kier molecular flexibility index (Phi) is 6.75. The van der Waals surface area contributed by atoms with Gasteiger partial charge in [0.1, 0.15) is 0 Å². The van der Waals surface area contributed by atoms with Gasteiger partial charge in [-0.1, -0.05) is 49.3 Å². The fourth-order valence-electron chi connectivity index (χ4n) is 3.35. The molecule has 0 aliphatic carbocycles. The van der Waals surface area contributed by atoms with Gasteiger partial charge in [0.2, 0.25) is 0 Å². The van der Waals surface area contributed by atoms with Crippen molar-refractivity contribution >= 4 is 5.69 Å². The van der Waals surface area contributed by atoms with Crippen LogP contribution >= 0.6 is 0 Å². The Labute approximate surface area is 158 Å². The van der Waals surface area contributed by atoms with Crippen molar-refractivity contribution in [2.45, 2.75) is 33.1 Å². The summed E-state index contributed by atoms with van der Waals surface area (Å²) in [5.41, 5.74) is 4.73. The van der Waals surface area contributed by atoms with E-state index < -0.39 is 0 Å². The predicted octanol–water partition coefficient (Wildman–Crippen LogP) is 4.71. The molecule has 0 unspecified atom stereocenters. The molecule has 2 aromatic carbocycles. The number of hydrogen-bond acceptors (Lipinski definition) is 2. The number of nitrogens with zero attached hydrogens (tertiary/aromatic N) is 2. The van der Waals surface area contributed by atoms with Gasteiger partial charge in [-0.3, -0.25) is 4.90 Å². The Bertz CT molecular complexity index is 727. The van der Waals surface area contributed by atoms with E-state index in [0.29, 0.717) is 0 Å². The summed E-state index contributed by atoms with van der Waals surface area (Å²) in [5, 5.41) is 0. The molecule has 0 amide bonds. The van der Waals surface area contributed by atoms with Gasteiger partial charge in [0.25, 0.3) is 0 Å². The highest BCUT2D eigenvalue weighted by atomic mass is 15.3. The van der Waals surface area contributed by atoms with E-state index in [4.69, 9.17) is 0 Å². The normalized spacial score (nSPS) is 14.8. The highest BCUT2D eigenvalue weighted by molar-refractivity contribution is 5.52. The average molecular weight is 347 g/mol. The van der Waals surface area contributed by atoms with E-state index in [2.05, 4.69) is 84.0 Å². The minimum atomic E-state index is 1.07. The lowest BCUT2D eigenvalue weighted by molar-refractivity contribution is 0.252. The first-order valence-electron chi connectivity index (χ1n) is 9.90. The zero-order chi connectivity index (χ0) is 18.2. The van der Waals surface area contributed by atoms with Crippen LogP contribution in [0, 0.1) is 18.8 Å². The second-order valence-corrected chi connectivity index (χ2v) is 7.20. The Morgan fingerprint density at radius 1 is 0.769 bits per heavy atom. The van der Waals surface area contributed by atoms with Crippen molar-refractivity contribution in [3.8, 4) is 11.8 Å². The van der Waals surface area contributed by atoms with Gasteiger partial charge in [0.15, 0.2) is 0 Å². The summed E-state index contributed by atoms with van der Waals surface area (Å²) in [4.78, 5) is 5.10. The standard InChI is InChI=1S/C24H30N2/c1-3-4-5-16-25-17-19-26(20-18-25)24-14-12-23(13-15-24)11-10-22-8-6-21(2)7-9-22/h6-9,12-15H,3-5,16-20H2,1-2H3. The maximum Gasteiger partial charge on any atom is 0.0367 e. The summed E-state index contributed by atoms with van der Waals surface area (Å²) in [6, 6.07) is 17.1. The summed E-state index contributed by atoms with van der Waals surface area (Å²) in [7, 11) is 0. The van der Waals surface area contributed by atoms with Crippen LogP contribution < -0.4 is 4.90 Å². The van der Waals surface area contributed by atoms with E-state index >= 15 is 0 Å². The van der Waals surface area contributed by atoms with Crippen molar-refractivity contribution in [3.63, 3.8) is 0 Å². The first-order valence-corrected chi connectivity index (χ1v) is 9.90. The zero-order valence-electron chi connectivity index (χ0n) is 16.2. The van der Waals surface area contributed by atoms with Crippen molar-refractivity contribution in [1.82, 2.24) is 4.90 Å². The largest absolute Gasteiger partial charge is 0.369 e. The molecule has 0 N–H and O–H groups in total. The molecule has 1 aliphatic heterocycles. The SMILES string of the molecule is CCCCCN1CCN(c2ccc(C#Cc3ccc(C)cc3)cc2)CC1. The van der Waals surface area contributed by atoms with Crippen molar-refractivity contribution < 1.29 is 0 Å². The third-order valence-electron chi connectivity index (χ3n) is 5.09. The first kappa shape index (κ1) is 18.5. The number of piperazine rings is 1. The van der Waals surface area contributed by atoms with Crippen LogP contribution in [0.25, 0.3) is 0 Å². The summed E-state index contributed by atoms with van der Waals surface area (Å²) in [6.07, 6.45) is 4.00. The van der Waals surface area contributed by atoms with Gasteiger partial charge in [0, 0.05) is 43.0 Å². The fraction of sp³-hybridized carbons (Fsp3) is 0.417. The van der Waals surface area contributed by atoms with Crippen LogP contribution in [0.4, 0.5) is 5.69 Å². The van der Waals surface area contributed by atoms with Crippen molar-refractivity contribution in [1.29, 1.82) is 0 Å². The Balaban J connectivity index is 1.53. The molecule has 2 aromatic rings. The lowest BCUT2D eigenvalue weighted by atomic mass is 10.1. The Hall–Kier alpha value is -2.24. The number of aryl methyl sites for hydroxylation is 1. The van der Waals surface area contributed by atoms with E-state index in [1.807, 2.05) is 0 Å². The Morgan fingerprint density at radius 3 is 1.92 bits per heavy atom. The quantitative estimate of drug-likeness (QED) is 0.571. The first-order chi connectivity index (χ1) is 12.7. The molecule has 3 rings (SSSR count). The molecular formula is C24H30N2. The maximum atomic E-state index is 3.27. The fourth-order valence-corrected chi connectivity index (χ4v) is 3.35. The molecule has 2 heteroatoms.